The van der Waals surface area contributed by atoms with Gasteiger partial charge in [0.15, 0.2) is 0 Å². The van der Waals surface area contributed by atoms with Crippen LogP contribution in [0.1, 0.15) is 22.5 Å². The third kappa shape index (κ3) is 3.89. The van der Waals surface area contributed by atoms with E-state index < -0.39 is 0 Å². The van der Waals surface area contributed by atoms with E-state index in [0.717, 1.165) is 46.3 Å². The number of fused-ring (bicyclic) bond motifs is 1. The molecule has 0 unspecified atom stereocenters. The van der Waals surface area contributed by atoms with Gasteiger partial charge in [0.1, 0.15) is 18.1 Å². The first-order valence-corrected chi connectivity index (χ1v) is 8.92. The van der Waals surface area contributed by atoms with Crippen LogP contribution >= 0.6 is 11.6 Å². The van der Waals surface area contributed by atoms with E-state index in [-0.39, 0.29) is 0 Å². The Morgan fingerprint density at radius 3 is 2.77 bits per heavy atom. The molecule has 2 aromatic carbocycles. The van der Waals surface area contributed by atoms with Crippen molar-refractivity contribution in [2.24, 2.45) is 4.99 Å². The van der Waals surface area contributed by atoms with E-state index in [9.17, 15) is 0 Å². The van der Waals surface area contributed by atoms with Crippen LogP contribution in [0.25, 0.3) is 6.08 Å². The van der Waals surface area contributed by atoms with Gasteiger partial charge in [-0.2, -0.15) is 0 Å². The van der Waals surface area contributed by atoms with Crippen LogP contribution in [-0.2, 0) is 13.0 Å². The summed E-state index contributed by atoms with van der Waals surface area (Å²) in [5.74, 6) is 1.69. The Balaban J connectivity index is 1.48. The fourth-order valence-electron chi connectivity index (χ4n) is 2.94. The standard InChI is InChI=1S/C22H18ClNO2/c23-18-5-3-16(4-6-18)15-26-20-7-9-21-17(14-20)11-12-24-22(21)10-8-19-2-1-13-25-19/h1-10,13-14H,11-12,15H2. The van der Waals surface area contributed by atoms with E-state index in [0.29, 0.717) is 6.61 Å². The van der Waals surface area contributed by atoms with Gasteiger partial charge in [-0.25, -0.2) is 0 Å². The number of halogens is 1. The van der Waals surface area contributed by atoms with Crippen LogP contribution in [0.4, 0.5) is 0 Å². The normalized spacial score (nSPS) is 13.5. The molecule has 0 bridgehead atoms. The van der Waals surface area contributed by atoms with Crippen molar-refractivity contribution in [2.75, 3.05) is 6.54 Å². The van der Waals surface area contributed by atoms with E-state index in [1.165, 1.54) is 5.56 Å². The molecule has 0 saturated heterocycles. The molecule has 0 atom stereocenters. The van der Waals surface area contributed by atoms with Crippen molar-refractivity contribution >= 4 is 23.4 Å². The zero-order chi connectivity index (χ0) is 17.8. The van der Waals surface area contributed by atoms with E-state index in [1.807, 2.05) is 54.6 Å². The highest BCUT2D eigenvalue weighted by atomic mass is 35.5. The number of allylic oxidation sites excluding steroid dienone is 1. The lowest BCUT2D eigenvalue weighted by Crippen LogP contribution is -2.11. The molecule has 130 valence electrons. The number of hydrogen-bond acceptors (Lipinski definition) is 3. The Bertz CT molecular complexity index is 941. The maximum absolute atomic E-state index is 5.94. The first-order chi connectivity index (χ1) is 12.8. The minimum Gasteiger partial charge on any atom is -0.489 e. The van der Waals surface area contributed by atoms with Crippen molar-refractivity contribution in [3.05, 3.63) is 94.4 Å². The molecular formula is C22H18ClNO2. The van der Waals surface area contributed by atoms with Crippen LogP contribution in [0.2, 0.25) is 5.02 Å². The van der Waals surface area contributed by atoms with Crippen molar-refractivity contribution in [1.29, 1.82) is 0 Å². The zero-order valence-electron chi connectivity index (χ0n) is 14.2. The Kier molecular flexibility index (Phi) is 4.89. The molecule has 4 rings (SSSR count). The second-order valence-corrected chi connectivity index (χ2v) is 6.54. The van der Waals surface area contributed by atoms with E-state index in [2.05, 4.69) is 17.1 Å². The molecule has 0 aliphatic carbocycles. The lowest BCUT2D eigenvalue weighted by Gasteiger charge is -2.16. The average Bonchev–Trinajstić information content (AvgIpc) is 3.19. The second kappa shape index (κ2) is 7.63. The average molecular weight is 364 g/mol. The number of benzene rings is 2. The van der Waals surface area contributed by atoms with Crippen LogP contribution < -0.4 is 4.74 Å². The van der Waals surface area contributed by atoms with E-state index in [4.69, 9.17) is 20.8 Å². The summed E-state index contributed by atoms with van der Waals surface area (Å²) in [5, 5.41) is 0.733. The van der Waals surface area contributed by atoms with Gasteiger partial charge in [0.25, 0.3) is 0 Å². The van der Waals surface area contributed by atoms with Gasteiger partial charge in [0.05, 0.1) is 12.0 Å². The molecular weight excluding hydrogens is 346 g/mol. The van der Waals surface area contributed by atoms with Crippen molar-refractivity contribution < 1.29 is 9.15 Å². The predicted molar refractivity (Wildman–Crippen MR) is 105 cm³/mol. The molecule has 1 aromatic heterocycles. The van der Waals surface area contributed by atoms with Gasteiger partial charge in [-0.3, -0.25) is 4.99 Å². The number of aliphatic imine (C=N–C) groups is 1. The summed E-state index contributed by atoms with van der Waals surface area (Å²) >= 11 is 5.92. The molecule has 0 saturated carbocycles. The summed E-state index contributed by atoms with van der Waals surface area (Å²) in [4.78, 5) is 4.64. The highest BCUT2D eigenvalue weighted by Gasteiger charge is 2.13. The van der Waals surface area contributed by atoms with Crippen molar-refractivity contribution in [3.63, 3.8) is 0 Å². The van der Waals surface area contributed by atoms with Gasteiger partial charge < -0.3 is 9.15 Å². The van der Waals surface area contributed by atoms with Crippen LogP contribution in [0.3, 0.4) is 0 Å². The summed E-state index contributed by atoms with van der Waals surface area (Å²) in [6.45, 7) is 1.31. The van der Waals surface area contributed by atoms with E-state index >= 15 is 0 Å². The lowest BCUT2D eigenvalue weighted by molar-refractivity contribution is 0.306. The molecule has 0 fully saturated rings. The summed E-state index contributed by atoms with van der Waals surface area (Å²) in [6, 6.07) is 17.7. The number of furan rings is 1. The lowest BCUT2D eigenvalue weighted by atomic mass is 9.97. The smallest absolute Gasteiger partial charge is 0.126 e. The van der Waals surface area contributed by atoms with Gasteiger partial charge in [-0.05, 0) is 72.2 Å². The Morgan fingerprint density at radius 1 is 1.08 bits per heavy atom. The SMILES string of the molecule is Clc1ccc(COc2ccc3c(c2)CCN=C3C=Cc2ccco2)cc1. The fourth-order valence-corrected chi connectivity index (χ4v) is 3.06. The van der Waals surface area contributed by atoms with Crippen molar-refractivity contribution in [2.45, 2.75) is 13.0 Å². The number of rotatable bonds is 5. The minimum atomic E-state index is 0.523. The molecule has 1 aliphatic heterocycles. The number of nitrogens with zero attached hydrogens (tertiary/aromatic N) is 1. The van der Waals surface area contributed by atoms with Gasteiger partial charge in [-0.15, -0.1) is 0 Å². The third-order valence-corrected chi connectivity index (χ3v) is 4.54. The van der Waals surface area contributed by atoms with Crippen LogP contribution in [0.15, 0.2) is 76.3 Å². The van der Waals surface area contributed by atoms with Gasteiger partial charge >= 0.3 is 0 Å². The predicted octanol–water partition coefficient (Wildman–Crippen LogP) is 5.57. The highest BCUT2D eigenvalue weighted by Crippen LogP contribution is 2.24. The highest BCUT2D eigenvalue weighted by molar-refractivity contribution is 6.30. The Morgan fingerprint density at radius 2 is 1.96 bits per heavy atom. The number of hydrogen-bond donors (Lipinski definition) is 0. The van der Waals surface area contributed by atoms with Gasteiger partial charge in [0, 0.05) is 17.1 Å². The molecule has 3 aromatic rings. The summed E-state index contributed by atoms with van der Waals surface area (Å²) in [6.07, 6.45) is 6.54. The molecule has 1 aliphatic rings. The molecule has 2 heterocycles. The quantitative estimate of drug-likeness (QED) is 0.593. The van der Waals surface area contributed by atoms with Crippen molar-refractivity contribution in [3.8, 4) is 5.75 Å². The van der Waals surface area contributed by atoms with Crippen LogP contribution in [-0.4, -0.2) is 12.3 Å². The largest absolute Gasteiger partial charge is 0.489 e. The molecule has 0 N–H and O–H groups in total. The Labute approximate surface area is 157 Å². The van der Waals surface area contributed by atoms with Crippen LogP contribution in [0, 0.1) is 0 Å². The van der Waals surface area contributed by atoms with Gasteiger partial charge in [0.2, 0.25) is 0 Å². The second-order valence-electron chi connectivity index (χ2n) is 6.10. The van der Waals surface area contributed by atoms with Gasteiger partial charge in [-0.1, -0.05) is 23.7 Å². The topological polar surface area (TPSA) is 34.7 Å². The summed E-state index contributed by atoms with van der Waals surface area (Å²) in [5.41, 5.74) is 4.48. The minimum absolute atomic E-state index is 0.523. The molecule has 0 spiro atoms. The molecule has 4 heteroatoms. The Hall–Kier alpha value is -2.78. The maximum Gasteiger partial charge on any atom is 0.126 e. The molecule has 3 nitrogen and oxygen atoms in total. The third-order valence-electron chi connectivity index (χ3n) is 4.28. The maximum atomic E-state index is 5.94. The molecule has 26 heavy (non-hydrogen) atoms. The number of ether oxygens (including phenoxy) is 1. The van der Waals surface area contributed by atoms with Crippen molar-refractivity contribution in [1.82, 2.24) is 0 Å². The van der Waals surface area contributed by atoms with Crippen LogP contribution in [0.5, 0.6) is 5.75 Å². The summed E-state index contributed by atoms with van der Waals surface area (Å²) < 4.78 is 11.3. The first-order valence-electron chi connectivity index (χ1n) is 8.54. The van der Waals surface area contributed by atoms with E-state index in [1.54, 1.807) is 6.26 Å². The summed E-state index contributed by atoms with van der Waals surface area (Å²) in [7, 11) is 0. The molecule has 0 amide bonds. The first kappa shape index (κ1) is 16.7. The monoisotopic (exact) mass is 363 g/mol. The zero-order valence-corrected chi connectivity index (χ0v) is 14.9. The fraction of sp³-hybridized carbons (Fsp3) is 0.136. The molecule has 0 radical (unpaired) electrons.